The van der Waals surface area contributed by atoms with Gasteiger partial charge in [-0.1, -0.05) is 12.1 Å². The third-order valence-electron chi connectivity index (χ3n) is 3.70. The van der Waals surface area contributed by atoms with E-state index in [1.165, 1.54) is 11.3 Å². The second-order valence-corrected chi connectivity index (χ2v) is 5.82. The van der Waals surface area contributed by atoms with Gasteiger partial charge in [-0.25, -0.2) is 0 Å². The van der Waals surface area contributed by atoms with Crippen molar-refractivity contribution in [2.75, 3.05) is 31.6 Å². The summed E-state index contributed by atoms with van der Waals surface area (Å²) in [5, 5.41) is 13.8. The van der Waals surface area contributed by atoms with E-state index in [0.717, 1.165) is 19.6 Å². The first-order chi connectivity index (χ1) is 9.24. The molecule has 1 aromatic heterocycles. The third-order valence-corrected chi connectivity index (χ3v) is 4.37. The molecule has 0 saturated carbocycles. The van der Waals surface area contributed by atoms with Crippen LogP contribution in [0.25, 0.3) is 0 Å². The van der Waals surface area contributed by atoms with E-state index in [9.17, 15) is 5.11 Å². The molecule has 0 radical (unpaired) electrons. The van der Waals surface area contributed by atoms with Gasteiger partial charge in [-0.2, -0.15) is 11.3 Å². The highest BCUT2D eigenvalue weighted by Gasteiger charge is 2.26. The van der Waals surface area contributed by atoms with Crippen LogP contribution in [0.1, 0.15) is 11.6 Å². The molecule has 2 heterocycles. The summed E-state index contributed by atoms with van der Waals surface area (Å²) in [7, 11) is 2.17. The Balaban J connectivity index is 1.92. The lowest BCUT2D eigenvalue weighted by molar-refractivity contribution is 0.269. The number of nitrogens with zero attached hydrogens (tertiary/aromatic N) is 2. The molecule has 1 fully saturated rings. The van der Waals surface area contributed by atoms with E-state index in [1.54, 1.807) is 23.5 Å². The van der Waals surface area contributed by atoms with Gasteiger partial charge in [-0.15, -0.1) is 0 Å². The second-order valence-electron chi connectivity index (χ2n) is 5.04. The smallest absolute Gasteiger partial charge is 0.115 e. The van der Waals surface area contributed by atoms with E-state index in [0.29, 0.717) is 11.8 Å². The first kappa shape index (κ1) is 12.5. The molecule has 3 nitrogen and oxygen atoms in total. The molecule has 4 heteroatoms. The van der Waals surface area contributed by atoms with Gasteiger partial charge in [-0.3, -0.25) is 0 Å². The summed E-state index contributed by atoms with van der Waals surface area (Å²) in [6.07, 6.45) is 0. The lowest BCUT2D eigenvalue weighted by Crippen LogP contribution is -2.46. The van der Waals surface area contributed by atoms with Gasteiger partial charge >= 0.3 is 0 Å². The maximum absolute atomic E-state index is 9.43. The number of hydrogen-bond acceptors (Lipinski definition) is 4. The fraction of sp³-hybridized carbons (Fsp3) is 0.333. The lowest BCUT2D eigenvalue weighted by Gasteiger charge is -2.41. The van der Waals surface area contributed by atoms with Gasteiger partial charge in [0, 0.05) is 30.7 Å². The predicted molar refractivity (Wildman–Crippen MR) is 80.0 cm³/mol. The molecule has 1 atom stereocenters. The van der Waals surface area contributed by atoms with Crippen molar-refractivity contribution in [1.29, 1.82) is 0 Å². The van der Waals surface area contributed by atoms with Gasteiger partial charge in [0.1, 0.15) is 5.75 Å². The van der Waals surface area contributed by atoms with Crippen LogP contribution >= 0.6 is 11.3 Å². The van der Waals surface area contributed by atoms with Crippen LogP contribution in [0, 0.1) is 0 Å². The van der Waals surface area contributed by atoms with Crippen molar-refractivity contribution < 1.29 is 5.11 Å². The zero-order valence-electron chi connectivity index (χ0n) is 11.0. The van der Waals surface area contributed by atoms with Gasteiger partial charge in [0.2, 0.25) is 0 Å². The van der Waals surface area contributed by atoms with Crippen LogP contribution in [-0.4, -0.2) is 36.7 Å². The molecule has 0 amide bonds. The molecule has 0 aliphatic carbocycles. The normalized spacial score (nSPS) is 20.7. The average Bonchev–Trinajstić information content (AvgIpc) is 2.93. The van der Waals surface area contributed by atoms with Crippen LogP contribution in [0.5, 0.6) is 5.75 Å². The Labute approximate surface area is 117 Å². The van der Waals surface area contributed by atoms with Crippen molar-refractivity contribution in [2.45, 2.75) is 6.04 Å². The van der Waals surface area contributed by atoms with E-state index in [4.69, 9.17) is 0 Å². The number of benzene rings is 1. The molecule has 1 N–H and O–H groups in total. The first-order valence-corrected chi connectivity index (χ1v) is 7.44. The number of phenols is 1. The molecule has 100 valence electrons. The minimum absolute atomic E-state index is 0.329. The molecule has 0 spiro atoms. The van der Waals surface area contributed by atoms with Crippen LogP contribution < -0.4 is 4.90 Å². The lowest BCUT2D eigenvalue weighted by atomic mass is 10.0. The van der Waals surface area contributed by atoms with E-state index in [2.05, 4.69) is 33.7 Å². The van der Waals surface area contributed by atoms with Crippen molar-refractivity contribution in [3.63, 3.8) is 0 Å². The van der Waals surface area contributed by atoms with Gasteiger partial charge in [-0.05, 0) is 36.2 Å². The highest BCUT2D eigenvalue weighted by molar-refractivity contribution is 7.08. The highest BCUT2D eigenvalue weighted by Crippen LogP contribution is 2.32. The van der Waals surface area contributed by atoms with Crippen LogP contribution in [0.3, 0.4) is 0 Å². The summed E-state index contributed by atoms with van der Waals surface area (Å²) < 4.78 is 0. The van der Waals surface area contributed by atoms with Gasteiger partial charge in [0.05, 0.1) is 6.04 Å². The molecule has 0 bridgehead atoms. The minimum Gasteiger partial charge on any atom is -0.508 e. The number of thiophene rings is 1. The number of anilines is 1. The monoisotopic (exact) mass is 274 g/mol. The zero-order valence-corrected chi connectivity index (χ0v) is 11.8. The first-order valence-electron chi connectivity index (χ1n) is 6.50. The van der Waals surface area contributed by atoms with Crippen molar-refractivity contribution in [1.82, 2.24) is 4.90 Å². The molecule has 2 aromatic rings. The molecule has 1 saturated heterocycles. The molecular weight excluding hydrogens is 256 g/mol. The SMILES string of the molecule is CN1CCN(c2ccsc2)C(c2ccc(O)cc2)C1. The van der Waals surface area contributed by atoms with E-state index >= 15 is 0 Å². The molecule has 1 aliphatic rings. The maximum Gasteiger partial charge on any atom is 0.115 e. The van der Waals surface area contributed by atoms with Crippen LogP contribution in [0.2, 0.25) is 0 Å². The van der Waals surface area contributed by atoms with Crippen LogP contribution in [0.4, 0.5) is 5.69 Å². The van der Waals surface area contributed by atoms with Crippen LogP contribution in [0.15, 0.2) is 41.1 Å². The largest absolute Gasteiger partial charge is 0.508 e. The van der Waals surface area contributed by atoms with E-state index < -0.39 is 0 Å². The predicted octanol–water partition coefficient (Wildman–Crippen LogP) is 2.95. The quantitative estimate of drug-likeness (QED) is 0.912. The number of rotatable bonds is 2. The summed E-state index contributed by atoms with van der Waals surface area (Å²) in [4.78, 5) is 4.82. The highest BCUT2D eigenvalue weighted by atomic mass is 32.1. The van der Waals surface area contributed by atoms with Crippen molar-refractivity contribution >= 4 is 17.0 Å². The fourth-order valence-corrected chi connectivity index (χ4v) is 3.28. The Hall–Kier alpha value is -1.52. The van der Waals surface area contributed by atoms with Gasteiger partial charge in [0.15, 0.2) is 0 Å². The van der Waals surface area contributed by atoms with E-state index in [-0.39, 0.29) is 0 Å². The summed E-state index contributed by atoms with van der Waals surface area (Å²) in [5.41, 5.74) is 2.56. The molecule has 3 rings (SSSR count). The zero-order chi connectivity index (χ0) is 13.2. The van der Waals surface area contributed by atoms with Crippen molar-refractivity contribution in [3.8, 4) is 5.75 Å². The Bertz CT molecular complexity index is 524. The number of piperazine rings is 1. The molecule has 1 aromatic carbocycles. The van der Waals surface area contributed by atoms with E-state index in [1.807, 2.05) is 12.1 Å². The second kappa shape index (κ2) is 5.23. The summed E-state index contributed by atoms with van der Waals surface area (Å²) in [6, 6.07) is 10.1. The molecular formula is C15H18N2OS. The summed E-state index contributed by atoms with van der Waals surface area (Å²) in [6.45, 7) is 3.14. The number of aromatic hydroxyl groups is 1. The summed E-state index contributed by atoms with van der Waals surface area (Å²) in [5.74, 6) is 0.329. The molecule has 19 heavy (non-hydrogen) atoms. The number of hydrogen-bond donors (Lipinski definition) is 1. The number of phenolic OH excluding ortho intramolecular Hbond substituents is 1. The molecule has 1 unspecified atom stereocenters. The fourth-order valence-electron chi connectivity index (χ4n) is 2.63. The Morgan fingerprint density at radius 2 is 1.95 bits per heavy atom. The van der Waals surface area contributed by atoms with Gasteiger partial charge < -0.3 is 14.9 Å². The average molecular weight is 274 g/mol. The summed E-state index contributed by atoms with van der Waals surface area (Å²) >= 11 is 1.74. The number of likely N-dealkylation sites (N-methyl/N-ethyl adjacent to an activating group) is 1. The Morgan fingerprint density at radius 1 is 1.16 bits per heavy atom. The standard InChI is InChI=1S/C15H18N2OS/c1-16-7-8-17(13-6-9-19-11-13)15(10-16)12-2-4-14(18)5-3-12/h2-6,9,11,15,18H,7-8,10H2,1H3. The van der Waals surface area contributed by atoms with Gasteiger partial charge in [0.25, 0.3) is 0 Å². The van der Waals surface area contributed by atoms with Crippen molar-refractivity contribution in [2.24, 2.45) is 0 Å². The minimum atomic E-state index is 0.329. The Morgan fingerprint density at radius 3 is 2.63 bits per heavy atom. The van der Waals surface area contributed by atoms with Crippen LogP contribution in [-0.2, 0) is 0 Å². The third kappa shape index (κ3) is 2.60. The van der Waals surface area contributed by atoms with Crippen molar-refractivity contribution in [3.05, 3.63) is 46.7 Å². The maximum atomic E-state index is 9.43. The molecule has 1 aliphatic heterocycles. The Kier molecular flexibility index (Phi) is 3.44. The topological polar surface area (TPSA) is 26.7 Å².